The Morgan fingerprint density at radius 1 is 1.62 bits per heavy atom. The highest BCUT2D eigenvalue weighted by molar-refractivity contribution is 6.08. The first-order valence-electron chi connectivity index (χ1n) is 3.32. The molecule has 8 nitrogen and oxygen atoms in total. The molecule has 0 radical (unpaired) electrons. The normalized spacial score (nSPS) is 26.5. The maximum absolute atomic E-state index is 11.0. The summed E-state index contributed by atoms with van der Waals surface area (Å²) >= 11 is 0. The molecule has 5 amide bonds. The molecule has 13 heavy (non-hydrogen) atoms. The predicted octanol–water partition coefficient (Wildman–Crippen LogP) is -2.82. The summed E-state index contributed by atoms with van der Waals surface area (Å²) in [6.45, 7) is -0.770. The molecule has 1 saturated heterocycles. The maximum atomic E-state index is 11.0. The molecule has 72 valence electrons. The van der Waals surface area contributed by atoms with Gasteiger partial charge in [-0.15, -0.1) is 0 Å². The van der Waals surface area contributed by atoms with Gasteiger partial charge in [0.1, 0.15) is 0 Å². The molecule has 1 fully saturated rings. The number of imide groups is 1. The molecule has 1 aliphatic rings. The lowest BCUT2D eigenvalue weighted by Gasteiger charge is -2.22. The standard InChI is InChI=1S/C5H8N4O4/c6-3(12)8-5(1-10)2(11)7-4(13)9-5/h10H,1H2,(H3,6,8,12)(H2,7,9,11,13). The first kappa shape index (κ1) is 9.26. The summed E-state index contributed by atoms with van der Waals surface area (Å²) in [4.78, 5) is 32.2. The van der Waals surface area contributed by atoms with Gasteiger partial charge in [0.25, 0.3) is 5.91 Å². The van der Waals surface area contributed by atoms with Crippen molar-refractivity contribution in [2.24, 2.45) is 5.73 Å². The zero-order chi connectivity index (χ0) is 10.1. The van der Waals surface area contributed by atoms with Crippen LogP contribution in [0.2, 0.25) is 0 Å². The van der Waals surface area contributed by atoms with Crippen LogP contribution in [0.5, 0.6) is 0 Å². The van der Waals surface area contributed by atoms with Crippen molar-refractivity contribution >= 4 is 18.0 Å². The Morgan fingerprint density at radius 2 is 2.23 bits per heavy atom. The lowest BCUT2D eigenvalue weighted by molar-refractivity contribution is -0.126. The minimum Gasteiger partial charge on any atom is -0.391 e. The molecule has 1 aliphatic heterocycles. The van der Waals surface area contributed by atoms with Gasteiger partial charge in [0, 0.05) is 0 Å². The van der Waals surface area contributed by atoms with Gasteiger partial charge in [-0.2, -0.15) is 0 Å². The van der Waals surface area contributed by atoms with Crippen molar-refractivity contribution in [3.63, 3.8) is 0 Å². The smallest absolute Gasteiger partial charge is 0.323 e. The number of hydrogen-bond acceptors (Lipinski definition) is 4. The van der Waals surface area contributed by atoms with Crippen LogP contribution in [0, 0.1) is 0 Å². The molecule has 0 bridgehead atoms. The Hall–Kier alpha value is -1.83. The summed E-state index contributed by atoms with van der Waals surface area (Å²) in [5, 5.41) is 14.6. The Bertz CT molecular complexity index is 278. The third kappa shape index (κ3) is 1.51. The molecule has 8 heteroatoms. The van der Waals surface area contributed by atoms with E-state index in [1.165, 1.54) is 0 Å². The number of nitrogens with one attached hydrogen (secondary N) is 3. The van der Waals surface area contributed by atoms with E-state index in [0.717, 1.165) is 0 Å². The number of aliphatic hydroxyl groups is 1. The SMILES string of the molecule is NC(=O)NC1(CO)NC(=O)NC1=O. The fraction of sp³-hybridized carbons (Fsp3) is 0.400. The molecular weight excluding hydrogens is 180 g/mol. The van der Waals surface area contributed by atoms with Gasteiger partial charge in [0.15, 0.2) is 0 Å². The van der Waals surface area contributed by atoms with E-state index >= 15 is 0 Å². The summed E-state index contributed by atoms with van der Waals surface area (Å²) in [5.41, 5.74) is 2.92. The highest BCUT2D eigenvalue weighted by atomic mass is 16.3. The molecule has 1 heterocycles. The number of hydrogen-bond donors (Lipinski definition) is 5. The van der Waals surface area contributed by atoms with Gasteiger partial charge in [0.05, 0.1) is 6.61 Å². The number of amides is 5. The van der Waals surface area contributed by atoms with Crippen LogP contribution in [0.1, 0.15) is 0 Å². The van der Waals surface area contributed by atoms with Crippen molar-refractivity contribution < 1.29 is 19.5 Å². The first-order valence-corrected chi connectivity index (χ1v) is 3.32. The molecule has 1 unspecified atom stereocenters. The fourth-order valence-corrected chi connectivity index (χ4v) is 0.941. The minimum absolute atomic E-state index is 0.770. The van der Waals surface area contributed by atoms with Crippen molar-refractivity contribution in [2.45, 2.75) is 5.66 Å². The average Bonchev–Trinajstić information content (AvgIpc) is 2.26. The summed E-state index contributed by atoms with van der Waals surface area (Å²) in [6, 6.07) is -1.82. The van der Waals surface area contributed by atoms with Gasteiger partial charge in [-0.1, -0.05) is 0 Å². The molecule has 0 aliphatic carbocycles. The van der Waals surface area contributed by atoms with Crippen LogP contribution in [0.25, 0.3) is 0 Å². The van der Waals surface area contributed by atoms with Crippen molar-refractivity contribution in [2.75, 3.05) is 6.61 Å². The summed E-state index contributed by atoms with van der Waals surface area (Å²) in [6.07, 6.45) is 0. The molecule has 1 rings (SSSR count). The fourth-order valence-electron chi connectivity index (χ4n) is 0.941. The lowest BCUT2D eigenvalue weighted by atomic mass is 10.2. The topological polar surface area (TPSA) is 134 Å². The number of nitrogens with two attached hydrogens (primary N) is 1. The second kappa shape index (κ2) is 2.90. The quantitative estimate of drug-likeness (QED) is 0.299. The number of aliphatic hydroxyl groups excluding tert-OH is 1. The maximum Gasteiger partial charge on any atom is 0.323 e. The summed E-state index contributed by atoms with van der Waals surface area (Å²) in [7, 11) is 0. The van der Waals surface area contributed by atoms with Gasteiger partial charge in [-0.25, -0.2) is 9.59 Å². The lowest BCUT2D eigenvalue weighted by Crippen LogP contribution is -2.64. The van der Waals surface area contributed by atoms with Crippen LogP contribution in [-0.4, -0.2) is 35.3 Å². The van der Waals surface area contributed by atoms with Gasteiger partial charge in [0.2, 0.25) is 5.66 Å². The molecule has 0 aromatic carbocycles. The van der Waals surface area contributed by atoms with E-state index in [2.05, 4.69) is 0 Å². The number of primary amides is 1. The summed E-state index contributed by atoms with van der Waals surface area (Å²) < 4.78 is 0. The van der Waals surface area contributed by atoms with Crippen LogP contribution >= 0.6 is 0 Å². The van der Waals surface area contributed by atoms with E-state index in [1.54, 1.807) is 0 Å². The van der Waals surface area contributed by atoms with Gasteiger partial charge >= 0.3 is 12.1 Å². The van der Waals surface area contributed by atoms with E-state index in [4.69, 9.17) is 10.8 Å². The average molecular weight is 188 g/mol. The van der Waals surface area contributed by atoms with E-state index in [0.29, 0.717) is 0 Å². The summed E-state index contributed by atoms with van der Waals surface area (Å²) in [5.74, 6) is -0.848. The van der Waals surface area contributed by atoms with Crippen LogP contribution in [0.15, 0.2) is 0 Å². The molecule has 0 aromatic rings. The Kier molecular flexibility index (Phi) is 2.07. The van der Waals surface area contributed by atoms with Crippen LogP contribution in [0.4, 0.5) is 9.59 Å². The van der Waals surface area contributed by atoms with Crippen LogP contribution in [0.3, 0.4) is 0 Å². The Balaban J connectivity index is 2.86. The second-order valence-corrected chi connectivity index (χ2v) is 2.46. The van der Waals surface area contributed by atoms with E-state index in [9.17, 15) is 14.4 Å². The zero-order valence-electron chi connectivity index (χ0n) is 6.46. The predicted molar refractivity (Wildman–Crippen MR) is 39.2 cm³/mol. The molecule has 1 atom stereocenters. The number of rotatable bonds is 2. The van der Waals surface area contributed by atoms with Crippen molar-refractivity contribution in [3.8, 4) is 0 Å². The first-order chi connectivity index (χ1) is 6.00. The van der Waals surface area contributed by atoms with Gasteiger partial charge < -0.3 is 21.5 Å². The highest BCUT2D eigenvalue weighted by Gasteiger charge is 2.46. The molecule has 0 aromatic heterocycles. The van der Waals surface area contributed by atoms with E-state index in [-0.39, 0.29) is 0 Å². The molecule has 0 spiro atoms. The minimum atomic E-state index is -1.83. The van der Waals surface area contributed by atoms with Crippen LogP contribution < -0.4 is 21.7 Å². The monoisotopic (exact) mass is 188 g/mol. The highest BCUT2D eigenvalue weighted by Crippen LogP contribution is 2.04. The number of carbonyl (C=O) groups is 3. The Morgan fingerprint density at radius 3 is 2.54 bits per heavy atom. The molecule has 0 saturated carbocycles. The molecular formula is C5H8N4O4. The zero-order valence-corrected chi connectivity index (χ0v) is 6.46. The molecule has 6 N–H and O–H groups in total. The third-order valence-electron chi connectivity index (χ3n) is 1.52. The van der Waals surface area contributed by atoms with Gasteiger partial charge in [-0.05, 0) is 0 Å². The van der Waals surface area contributed by atoms with Crippen molar-refractivity contribution in [3.05, 3.63) is 0 Å². The number of carbonyl (C=O) groups excluding carboxylic acids is 3. The van der Waals surface area contributed by atoms with Crippen molar-refractivity contribution in [1.29, 1.82) is 0 Å². The largest absolute Gasteiger partial charge is 0.391 e. The number of urea groups is 2. The third-order valence-corrected chi connectivity index (χ3v) is 1.52. The van der Waals surface area contributed by atoms with Gasteiger partial charge in [-0.3, -0.25) is 10.1 Å². The second-order valence-electron chi connectivity index (χ2n) is 2.46. The van der Waals surface area contributed by atoms with E-state index < -0.39 is 30.2 Å². The Labute approximate surface area is 72.5 Å². The van der Waals surface area contributed by atoms with E-state index in [1.807, 2.05) is 16.0 Å². The van der Waals surface area contributed by atoms with Crippen molar-refractivity contribution in [1.82, 2.24) is 16.0 Å². The van der Waals surface area contributed by atoms with Crippen LogP contribution in [-0.2, 0) is 4.79 Å².